The molecule has 116 valence electrons. The topological polar surface area (TPSA) is 49.4 Å². The summed E-state index contributed by atoms with van der Waals surface area (Å²) in [5.41, 5.74) is 3.84. The minimum Gasteiger partial charge on any atom is -0.335 e. The normalized spacial score (nSPS) is 21.1. The number of fused-ring (bicyclic) bond motifs is 1. The summed E-state index contributed by atoms with van der Waals surface area (Å²) in [7, 11) is 1.85. The molecule has 4 heteroatoms. The predicted octanol–water partition coefficient (Wildman–Crippen LogP) is 3.03. The molecule has 1 aromatic carbocycles. The van der Waals surface area contributed by atoms with E-state index in [1.165, 1.54) is 5.57 Å². The van der Waals surface area contributed by atoms with Crippen LogP contribution in [0, 0.1) is 6.92 Å². The highest BCUT2D eigenvalue weighted by Gasteiger charge is 2.38. The van der Waals surface area contributed by atoms with Crippen LogP contribution in [0.25, 0.3) is 0 Å². The Labute approximate surface area is 131 Å². The smallest absolute Gasteiger partial charge is 0.250 e. The van der Waals surface area contributed by atoms with Gasteiger partial charge >= 0.3 is 0 Å². The molecule has 0 saturated heterocycles. The molecule has 1 aromatic rings. The molecule has 3 rings (SSSR count). The number of likely N-dealkylation sites (N-methyl/N-ethyl adjacent to an activating group) is 1. The number of carbonyl (C=O) groups is 2. The van der Waals surface area contributed by atoms with Gasteiger partial charge in [-0.15, -0.1) is 0 Å². The predicted molar refractivity (Wildman–Crippen MR) is 86.5 cm³/mol. The fourth-order valence-corrected chi connectivity index (χ4v) is 3.46. The van der Waals surface area contributed by atoms with Gasteiger partial charge in [0.1, 0.15) is 0 Å². The van der Waals surface area contributed by atoms with Crippen LogP contribution in [0.4, 0.5) is 5.69 Å². The zero-order valence-corrected chi connectivity index (χ0v) is 13.2. The Morgan fingerprint density at radius 1 is 1.27 bits per heavy atom. The molecule has 0 bridgehead atoms. The minimum atomic E-state index is -0.112. The molecule has 2 aliphatic rings. The van der Waals surface area contributed by atoms with E-state index in [2.05, 4.69) is 5.32 Å². The van der Waals surface area contributed by atoms with E-state index >= 15 is 0 Å². The molecule has 1 saturated carbocycles. The molecule has 1 heterocycles. The van der Waals surface area contributed by atoms with Gasteiger partial charge < -0.3 is 10.2 Å². The third kappa shape index (κ3) is 2.78. The Morgan fingerprint density at radius 2 is 2.00 bits per heavy atom. The molecule has 4 nitrogen and oxygen atoms in total. The second kappa shape index (κ2) is 5.95. The summed E-state index contributed by atoms with van der Waals surface area (Å²) >= 11 is 0. The van der Waals surface area contributed by atoms with Gasteiger partial charge in [-0.25, -0.2) is 0 Å². The first-order chi connectivity index (χ1) is 10.6. The molecule has 1 fully saturated rings. The van der Waals surface area contributed by atoms with Crippen molar-refractivity contribution in [1.29, 1.82) is 0 Å². The standard InChI is InChI=1S/C18H22N2O2/c1-12-7-9-13(10-8-12)19-17(21)11-15-14-5-3-4-6-16(14)20(2)18(15)22/h7-10,16H,3-6,11H2,1-2H3,(H,19,21). The molecular formula is C18H22N2O2. The molecule has 22 heavy (non-hydrogen) atoms. The summed E-state index contributed by atoms with van der Waals surface area (Å²) < 4.78 is 0. The van der Waals surface area contributed by atoms with Crippen LogP contribution in [0.5, 0.6) is 0 Å². The molecule has 2 amide bonds. The zero-order chi connectivity index (χ0) is 15.7. The van der Waals surface area contributed by atoms with Gasteiger partial charge in [0.25, 0.3) is 5.91 Å². The molecule has 1 aliphatic carbocycles. The number of anilines is 1. The lowest BCUT2D eigenvalue weighted by Gasteiger charge is -2.26. The van der Waals surface area contributed by atoms with E-state index in [1.807, 2.05) is 43.1 Å². The van der Waals surface area contributed by atoms with Crippen LogP contribution in [-0.2, 0) is 9.59 Å². The van der Waals surface area contributed by atoms with E-state index in [0.717, 1.165) is 42.5 Å². The number of nitrogens with zero attached hydrogens (tertiary/aromatic N) is 1. The largest absolute Gasteiger partial charge is 0.335 e. The van der Waals surface area contributed by atoms with Crippen molar-refractivity contribution in [2.45, 2.75) is 45.1 Å². The number of aryl methyl sites for hydroxylation is 1. The van der Waals surface area contributed by atoms with Crippen LogP contribution in [0.15, 0.2) is 35.4 Å². The maximum Gasteiger partial charge on any atom is 0.250 e. The van der Waals surface area contributed by atoms with Crippen molar-refractivity contribution in [3.63, 3.8) is 0 Å². The third-order valence-corrected chi connectivity index (χ3v) is 4.68. The van der Waals surface area contributed by atoms with Crippen molar-refractivity contribution < 1.29 is 9.59 Å². The lowest BCUT2D eigenvalue weighted by atomic mass is 9.88. The minimum absolute atomic E-state index is 0.0287. The Kier molecular flexibility index (Phi) is 4.01. The van der Waals surface area contributed by atoms with Gasteiger partial charge in [0.2, 0.25) is 5.91 Å². The quantitative estimate of drug-likeness (QED) is 0.932. The maximum absolute atomic E-state index is 12.4. The summed E-state index contributed by atoms with van der Waals surface area (Å²) in [6, 6.07) is 7.92. The van der Waals surface area contributed by atoms with E-state index in [0.29, 0.717) is 0 Å². The van der Waals surface area contributed by atoms with E-state index in [9.17, 15) is 9.59 Å². The van der Waals surface area contributed by atoms with Crippen molar-refractivity contribution in [1.82, 2.24) is 4.90 Å². The lowest BCUT2D eigenvalue weighted by Crippen LogP contribution is -2.33. The highest BCUT2D eigenvalue weighted by atomic mass is 16.2. The number of amides is 2. The summed E-state index contributed by atoms with van der Waals surface area (Å²) in [6.45, 7) is 2.01. The monoisotopic (exact) mass is 298 g/mol. The van der Waals surface area contributed by atoms with Crippen molar-refractivity contribution in [2.24, 2.45) is 0 Å². The van der Waals surface area contributed by atoms with Gasteiger partial charge in [-0.1, -0.05) is 24.1 Å². The number of nitrogens with one attached hydrogen (secondary N) is 1. The summed E-state index contributed by atoms with van der Waals surface area (Å²) in [4.78, 5) is 26.5. The molecule has 0 aromatic heterocycles. The van der Waals surface area contributed by atoms with E-state index in [1.54, 1.807) is 0 Å². The number of rotatable bonds is 3. The number of hydrogen-bond acceptors (Lipinski definition) is 2. The van der Waals surface area contributed by atoms with Crippen LogP contribution in [0.3, 0.4) is 0 Å². The third-order valence-electron chi connectivity index (χ3n) is 4.68. The molecule has 1 aliphatic heterocycles. The maximum atomic E-state index is 12.4. The first kappa shape index (κ1) is 14.8. The molecule has 0 radical (unpaired) electrons. The van der Waals surface area contributed by atoms with Crippen LogP contribution in [0.2, 0.25) is 0 Å². The highest BCUT2D eigenvalue weighted by molar-refractivity contribution is 6.04. The van der Waals surface area contributed by atoms with Gasteiger partial charge in [-0.3, -0.25) is 9.59 Å². The van der Waals surface area contributed by atoms with Crippen molar-refractivity contribution in [3.05, 3.63) is 41.0 Å². The first-order valence-electron chi connectivity index (χ1n) is 7.92. The van der Waals surface area contributed by atoms with E-state index < -0.39 is 0 Å². The van der Waals surface area contributed by atoms with Crippen LogP contribution in [0.1, 0.15) is 37.7 Å². The van der Waals surface area contributed by atoms with E-state index in [4.69, 9.17) is 0 Å². The highest BCUT2D eigenvalue weighted by Crippen LogP contribution is 2.37. The Morgan fingerprint density at radius 3 is 2.73 bits per heavy atom. The summed E-state index contributed by atoms with van der Waals surface area (Å²) in [5.74, 6) is -0.0831. The SMILES string of the molecule is Cc1ccc(NC(=O)CC2=C3CCCCC3N(C)C2=O)cc1. The van der Waals surface area contributed by atoms with Crippen molar-refractivity contribution in [2.75, 3.05) is 12.4 Å². The summed E-state index contributed by atoms with van der Waals surface area (Å²) in [6.07, 6.45) is 4.45. The van der Waals surface area contributed by atoms with Gasteiger partial charge in [0.05, 0.1) is 12.5 Å². The van der Waals surface area contributed by atoms with Crippen LogP contribution >= 0.6 is 0 Å². The Bertz CT molecular complexity index is 631. The van der Waals surface area contributed by atoms with Crippen LogP contribution < -0.4 is 5.32 Å². The van der Waals surface area contributed by atoms with Gasteiger partial charge in [-0.05, 0) is 43.9 Å². The number of carbonyl (C=O) groups excluding carboxylic acids is 2. The fraction of sp³-hybridized carbons (Fsp3) is 0.444. The van der Waals surface area contributed by atoms with Gasteiger partial charge in [-0.2, -0.15) is 0 Å². The van der Waals surface area contributed by atoms with Crippen molar-refractivity contribution in [3.8, 4) is 0 Å². The van der Waals surface area contributed by atoms with Gasteiger partial charge in [0.15, 0.2) is 0 Å². The average Bonchev–Trinajstić information content (AvgIpc) is 2.75. The zero-order valence-electron chi connectivity index (χ0n) is 13.2. The number of benzene rings is 1. The van der Waals surface area contributed by atoms with Crippen LogP contribution in [-0.4, -0.2) is 29.8 Å². The first-order valence-corrected chi connectivity index (χ1v) is 7.92. The fourth-order valence-electron chi connectivity index (χ4n) is 3.46. The molecule has 1 atom stereocenters. The molecular weight excluding hydrogens is 276 g/mol. The van der Waals surface area contributed by atoms with E-state index in [-0.39, 0.29) is 24.3 Å². The molecule has 1 unspecified atom stereocenters. The lowest BCUT2D eigenvalue weighted by molar-refractivity contribution is -0.127. The number of hydrogen-bond donors (Lipinski definition) is 1. The second-order valence-electron chi connectivity index (χ2n) is 6.27. The average molecular weight is 298 g/mol. The second-order valence-corrected chi connectivity index (χ2v) is 6.27. The summed E-state index contributed by atoms with van der Waals surface area (Å²) in [5, 5.41) is 2.88. The molecule has 0 spiro atoms. The molecule has 1 N–H and O–H groups in total. The van der Waals surface area contributed by atoms with Crippen molar-refractivity contribution >= 4 is 17.5 Å². The van der Waals surface area contributed by atoms with Gasteiger partial charge in [0, 0.05) is 18.3 Å². The Balaban J connectivity index is 1.72. The Hall–Kier alpha value is -2.10.